The van der Waals surface area contributed by atoms with E-state index in [0.29, 0.717) is 6.54 Å². The van der Waals surface area contributed by atoms with E-state index in [2.05, 4.69) is 41.7 Å². The highest BCUT2D eigenvalue weighted by Crippen LogP contribution is 2.00. The topological polar surface area (TPSA) is 50.6 Å². The van der Waals surface area contributed by atoms with Gasteiger partial charge in [0.05, 0.1) is 6.54 Å². The zero-order valence-electron chi connectivity index (χ0n) is 13.7. The predicted molar refractivity (Wildman–Crippen MR) is 88.6 cm³/mol. The van der Waals surface area contributed by atoms with Crippen LogP contribution < -0.4 is 10.6 Å². The lowest BCUT2D eigenvalue weighted by Gasteiger charge is -2.11. The van der Waals surface area contributed by atoms with Gasteiger partial charge in [-0.15, -0.1) is 0 Å². The quantitative estimate of drug-likeness (QED) is 0.395. The number of ether oxygens (including phenoxy) is 1. The molecular formula is C16H30N4O. The van der Waals surface area contributed by atoms with Gasteiger partial charge in [0, 0.05) is 45.7 Å². The summed E-state index contributed by atoms with van der Waals surface area (Å²) in [5.41, 5.74) is 1.22. The lowest BCUT2D eigenvalue weighted by molar-refractivity contribution is 0.129. The maximum atomic E-state index is 5.54. The van der Waals surface area contributed by atoms with Gasteiger partial charge in [0.15, 0.2) is 5.96 Å². The molecule has 0 saturated carbocycles. The second-order valence-electron chi connectivity index (χ2n) is 5.13. The van der Waals surface area contributed by atoms with Crippen molar-refractivity contribution in [1.29, 1.82) is 0 Å². The van der Waals surface area contributed by atoms with Crippen molar-refractivity contribution in [1.82, 2.24) is 15.2 Å². The first kappa shape index (κ1) is 17.6. The van der Waals surface area contributed by atoms with Gasteiger partial charge in [-0.2, -0.15) is 0 Å². The van der Waals surface area contributed by atoms with Crippen LogP contribution in [0.1, 0.15) is 38.7 Å². The van der Waals surface area contributed by atoms with Gasteiger partial charge >= 0.3 is 0 Å². The molecule has 1 aromatic heterocycles. The highest BCUT2D eigenvalue weighted by molar-refractivity contribution is 5.79. The molecule has 0 aliphatic rings. The van der Waals surface area contributed by atoms with Crippen LogP contribution in [0.15, 0.2) is 23.5 Å². The number of nitrogens with zero attached hydrogens (tertiary/aromatic N) is 2. The zero-order chi connectivity index (χ0) is 15.3. The number of hydrogen-bond acceptors (Lipinski definition) is 2. The molecule has 0 spiro atoms. The van der Waals surface area contributed by atoms with Gasteiger partial charge in [-0.1, -0.05) is 13.3 Å². The van der Waals surface area contributed by atoms with E-state index >= 15 is 0 Å². The minimum absolute atomic E-state index is 0.698. The maximum absolute atomic E-state index is 5.54. The Hall–Kier alpha value is -1.49. The highest BCUT2D eigenvalue weighted by atomic mass is 16.5. The summed E-state index contributed by atoms with van der Waals surface area (Å²) >= 11 is 0. The number of aromatic nitrogens is 1. The Morgan fingerprint density at radius 2 is 2.05 bits per heavy atom. The first-order valence-corrected chi connectivity index (χ1v) is 7.97. The number of rotatable bonds is 10. The molecule has 21 heavy (non-hydrogen) atoms. The summed E-state index contributed by atoms with van der Waals surface area (Å²) in [4.78, 5) is 4.58. The van der Waals surface area contributed by atoms with E-state index in [1.807, 2.05) is 17.8 Å². The van der Waals surface area contributed by atoms with E-state index in [9.17, 15) is 0 Å². The normalized spacial score (nSPS) is 11.7. The Morgan fingerprint density at radius 3 is 2.71 bits per heavy atom. The van der Waals surface area contributed by atoms with E-state index in [-0.39, 0.29) is 0 Å². The fraction of sp³-hybridized carbons (Fsp3) is 0.688. The van der Waals surface area contributed by atoms with Gasteiger partial charge in [0.25, 0.3) is 0 Å². The van der Waals surface area contributed by atoms with Crippen molar-refractivity contribution in [3.8, 4) is 0 Å². The third-order valence-electron chi connectivity index (χ3n) is 3.06. The molecule has 5 heteroatoms. The number of unbranched alkanes of at least 4 members (excludes halogenated alkanes) is 1. The maximum Gasteiger partial charge on any atom is 0.191 e. The molecule has 0 unspecified atom stereocenters. The average molecular weight is 294 g/mol. The van der Waals surface area contributed by atoms with Crippen LogP contribution >= 0.6 is 0 Å². The molecule has 0 saturated heterocycles. The lowest BCUT2D eigenvalue weighted by atomic mass is 10.3. The summed E-state index contributed by atoms with van der Waals surface area (Å²) in [5, 5.41) is 6.60. The Labute approximate surface area is 128 Å². The number of guanidine groups is 1. The SMILES string of the molecule is CCCCOCCCNC(=NCc1ccn(C)c1)NCC. The van der Waals surface area contributed by atoms with Crippen LogP contribution in [-0.4, -0.2) is 36.8 Å². The standard InChI is InChI=1S/C16H30N4O/c1-4-6-11-21-12-7-9-18-16(17-5-2)19-13-15-8-10-20(3)14-15/h8,10,14H,4-7,9,11-13H2,1-3H3,(H2,17,18,19). The van der Waals surface area contributed by atoms with Crippen molar-refractivity contribution in [2.45, 2.75) is 39.7 Å². The number of hydrogen-bond donors (Lipinski definition) is 2. The van der Waals surface area contributed by atoms with Crippen LogP contribution in [0.5, 0.6) is 0 Å². The second-order valence-corrected chi connectivity index (χ2v) is 5.13. The molecule has 0 aliphatic heterocycles. The van der Waals surface area contributed by atoms with Gasteiger partial charge in [0.2, 0.25) is 0 Å². The Bertz CT molecular complexity index is 401. The summed E-state index contributed by atoms with van der Waals surface area (Å²) in [7, 11) is 2.02. The third kappa shape index (κ3) is 8.40. The summed E-state index contributed by atoms with van der Waals surface area (Å²) < 4.78 is 7.59. The Balaban J connectivity index is 2.22. The highest BCUT2D eigenvalue weighted by Gasteiger charge is 1.98. The van der Waals surface area contributed by atoms with E-state index in [0.717, 1.165) is 45.1 Å². The van der Waals surface area contributed by atoms with Gasteiger partial charge in [-0.25, -0.2) is 4.99 Å². The first-order valence-electron chi connectivity index (χ1n) is 7.97. The van der Waals surface area contributed by atoms with Crippen molar-refractivity contribution < 1.29 is 4.74 Å². The van der Waals surface area contributed by atoms with Crippen molar-refractivity contribution in [3.05, 3.63) is 24.0 Å². The molecule has 0 aromatic carbocycles. The van der Waals surface area contributed by atoms with Crippen molar-refractivity contribution in [3.63, 3.8) is 0 Å². The van der Waals surface area contributed by atoms with Crippen LogP contribution in [0, 0.1) is 0 Å². The first-order chi connectivity index (χ1) is 10.3. The van der Waals surface area contributed by atoms with Crippen LogP contribution in [0.25, 0.3) is 0 Å². The molecule has 120 valence electrons. The number of aryl methyl sites for hydroxylation is 1. The van der Waals surface area contributed by atoms with E-state index < -0.39 is 0 Å². The third-order valence-corrected chi connectivity index (χ3v) is 3.06. The zero-order valence-corrected chi connectivity index (χ0v) is 13.7. The van der Waals surface area contributed by atoms with Crippen LogP contribution in [0.4, 0.5) is 0 Å². The molecule has 0 atom stereocenters. The molecule has 1 rings (SSSR count). The monoisotopic (exact) mass is 294 g/mol. The molecule has 0 fully saturated rings. The molecule has 0 bridgehead atoms. The van der Waals surface area contributed by atoms with Crippen molar-refractivity contribution >= 4 is 5.96 Å². The van der Waals surface area contributed by atoms with Gasteiger partial charge in [-0.05, 0) is 31.4 Å². The van der Waals surface area contributed by atoms with Crippen molar-refractivity contribution in [2.24, 2.45) is 12.0 Å². The minimum Gasteiger partial charge on any atom is -0.381 e. The number of nitrogens with one attached hydrogen (secondary N) is 2. The molecule has 1 heterocycles. The summed E-state index contributed by atoms with van der Waals surface area (Å²) in [6, 6.07) is 2.09. The lowest BCUT2D eigenvalue weighted by Crippen LogP contribution is -2.38. The average Bonchev–Trinajstić information content (AvgIpc) is 2.89. The molecule has 0 amide bonds. The molecule has 2 N–H and O–H groups in total. The van der Waals surface area contributed by atoms with Gasteiger partial charge in [-0.3, -0.25) is 0 Å². The van der Waals surface area contributed by atoms with Gasteiger partial charge < -0.3 is 19.9 Å². The van der Waals surface area contributed by atoms with Gasteiger partial charge in [0.1, 0.15) is 0 Å². The van der Waals surface area contributed by atoms with Crippen LogP contribution in [0.3, 0.4) is 0 Å². The second kappa shape index (κ2) is 11.2. The fourth-order valence-corrected chi connectivity index (χ4v) is 1.90. The molecule has 0 aliphatic carbocycles. The van der Waals surface area contributed by atoms with Crippen molar-refractivity contribution in [2.75, 3.05) is 26.3 Å². The molecule has 5 nitrogen and oxygen atoms in total. The molecule has 1 aromatic rings. The Kier molecular flexibility index (Phi) is 9.37. The summed E-state index contributed by atoms with van der Waals surface area (Å²) in [6.45, 7) is 8.39. The Morgan fingerprint density at radius 1 is 1.24 bits per heavy atom. The van der Waals surface area contributed by atoms with Crippen LogP contribution in [-0.2, 0) is 18.3 Å². The predicted octanol–water partition coefficient (Wildman–Crippen LogP) is 2.29. The fourth-order valence-electron chi connectivity index (χ4n) is 1.90. The largest absolute Gasteiger partial charge is 0.381 e. The van der Waals surface area contributed by atoms with E-state index in [1.165, 1.54) is 12.0 Å². The minimum atomic E-state index is 0.698. The summed E-state index contributed by atoms with van der Waals surface area (Å²) in [5.74, 6) is 0.870. The number of aliphatic imine (C=N–C) groups is 1. The molecule has 0 radical (unpaired) electrons. The van der Waals surface area contributed by atoms with E-state index in [4.69, 9.17) is 4.74 Å². The summed E-state index contributed by atoms with van der Waals surface area (Å²) in [6.07, 6.45) is 7.47. The van der Waals surface area contributed by atoms with Crippen LogP contribution in [0.2, 0.25) is 0 Å². The van der Waals surface area contributed by atoms with E-state index in [1.54, 1.807) is 0 Å². The molecular weight excluding hydrogens is 264 g/mol. The smallest absolute Gasteiger partial charge is 0.191 e.